The first-order chi connectivity index (χ1) is 13.5. The number of hydrogen-bond acceptors (Lipinski definition) is 3. The number of benzene rings is 1. The normalized spacial score (nSPS) is 31.1. The Balaban J connectivity index is 1.55. The SMILES string of the molecule is Cc1ccc([C@H]2CN(C(=O)c3cccn(C)c3=O)[C@@H]3C4CCN(CC4)[C@H]23)cc1. The van der Waals surface area contributed by atoms with Crippen molar-refractivity contribution in [3.8, 4) is 0 Å². The molecule has 0 spiro atoms. The van der Waals surface area contributed by atoms with E-state index in [2.05, 4.69) is 36.1 Å². The molecule has 0 saturated carbocycles. The molecule has 4 saturated heterocycles. The van der Waals surface area contributed by atoms with Crippen LogP contribution in [0.1, 0.15) is 40.2 Å². The number of carbonyl (C=O) groups excluding carboxylic acids is 1. The molecule has 4 aliphatic heterocycles. The molecule has 0 unspecified atom stereocenters. The summed E-state index contributed by atoms with van der Waals surface area (Å²) < 4.78 is 1.49. The predicted octanol–water partition coefficient (Wildman–Crippen LogP) is 2.40. The summed E-state index contributed by atoms with van der Waals surface area (Å²) in [5, 5.41) is 0. The Kier molecular flexibility index (Phi) is 4.16. The van der Waals surface area contributed by atoms with Crippen LogP contribution in [0.5, 0.6) is 0 Å². The summed E-state index contributed by atoms with van der Waals surface area (Å²) in [6.07, 6.45) is 4.01. The smallest absolute Gasteiger partial charge is 0.263 e. The third-order valence-electron chi connectivity index (χ3n) is 7.11. The van der Waals surface area contributed by atoms with Gasteiger partial charge in [-0.1, -0.05) is 29.8 Å². The highest BCUT2D eigenvalue weighted by atomic mass is 16.2. The standard InChI is InChI=1S/C23H27N3O2/c1-15-5-7-16(8-6-15)19-14-26(20-17-9-12-25(13-10-17)21(19)20)23(28)18-4-3-11-24(2)22(18)27/h3-8,11,17,19-21H,9-10,12-14H2,1-2H3/t19-,20-,21-/m1/s1. The Labute approximate surface area is 165 Å². The minimum Gasteiger partial charge on any atom is -0.333 e. The fourth-order valence-electron chi connectivity index (χ4n) is 5.68. The minimum absolute atomic E-state index is 0.0976. The molecule has 6 rings (SSSR count). The van der Waals surface area contributed by atoms with Crippen molar-refractivity contribution < 1.29 is 4.79 Å². The van der Waals surface area contributed by atoms with Gasteiger partial charge in [-0.2, -0.15) is 0 Å². The zero-order valence-corrected chi connectivity index (χ0v) is 16.5. The van der Waals surface area contributed by atoms with Crippen molar-refractivity contribution in [2.75, 3.05) is 19.6 Å². The van der Waals surface area contributed by atoms with E-state index in [0.717, 1.165) is 25.9 Å². The summed E-state index contributed by atoms with van der Waals surface area (Å²) in [5.74, 6) is 0.756. The van der Waals surface area contributed by atoms with Crippen LogP contribution < -0.4 is 5.56 Å². The highest BCUT2D eigenvalue weighted by Crippen LogP contribution is 2.46. The van der Waals surface area contributed by atoms with Crippen molar-refractivity contribution in [1.82, 2.24) is 14.4 Å². The Hall–Kier alpha value is -2.40. The zero-order valence-electron chi connectivity index (χ0n) is 16.5. The number of piperidine rings is 3. The molecule has 1 aromatic carbocycles. The van der Waals surface area contributed by atoms with Crippen LogP contribution in [-0.2, 0) is 7.05 Å². The first kappa shape index (κ1) is 17.7. The number of nitrogens with zero attached hydrogens (tertiary/aromatic N) is 3. The van der Waals surface area contributed by atoms with Crippen LogP contribution in [0.3, 0.4) is 0 Å². The van der Waals surface area contributed by atoms with Gasteiger partial charge in [-0.05, 0) is 56.5 Å². The van der Waals surface area contributed by atoms with E-state index in [4.69, 9.17) is 0 Å². The average Bonchev–Trinajstić information content (AvgIpc) is 3.14. The number of amides is 1. The highest BCUT2D eigenvalue weighted by molar-refractivity contribution is 5.94. The Bertz CT molecular complexity index is 957. The summed E-state index contributed by atoms with van der Waals surface area (Å²) in [6, 6.07) is 12.8. The molecule has 4 aliphatic rings. The van der Waals surface area contributed by atoms with Gasteiger partial charge in [-0.25, -0.2) is 0 Å². The van der Waals surface area contributed by atoms with E-state index in [1.54, 1.807) is 25.4 Å². The van der Waals surface area contributed by atoms with E-state index >= 15 is 0 Å². The lowest BCUT2D eigenvalue weighted by Gasteiger charge is -2.51. The predicted molar refractivity (Wildman–Crippen MR) is 109 cm³/mol. The maximum Gasteiger partial charge on any atom is 0.263 e. The molecule has 1 amide bonds. The number of hydrogen-bond donors (Lipinski definition) is 0. The minimum atomic E-state index is -0.205. The average molecular weight is 377 g/mol. The molecule has 1 aromatic heterocycles. The van der Waals surface area contributed by atoms with Gasteiger partial charge < -0.3 is 9.47 Å². The molecular weight excluding hydrogens is 350 g/mol. The Morgan fingerprint density at radius 1 is 1.04 bits per heavy atom. The van der Waals surface area contributed by atoms with Gasteiger partial charge in [0.25, 0.3) is 11.5 Å². The van der Waals surface area contributed by atoms with Crippen molar-refractivity contribution in [2.45, 2.75) is 37.8 Å². The van der Waals surface area contributed by atoms with E-state index in [1.165, 1.54) is 15.7 Å². The lowest BCUT2D eigenvalue weighted by atomic mass is 9.75. The number of pyridine rings is 1. The summed E-state index contributed by atoms with van der Waals surface area (Å²) in [6.45, 7) is 5.06. The van der Waals surface area contributed by atoms with E-state index in [0.29, 0.717) is 30.0 Å². The largest absolute Gasteiger partial charge is 0.333 e. The third-order valence-corrected chi connectivity index (χ3v) is 7.11. The van der Waals surface area contributed by atoms with Gasteiger partial charge in [-0.3, -0.25) is 14.5 Å². The van der Waals surface area contributed by atoms with E-state index in [-0.39, 0.29) is 17.5 Å². The summed E-state index contributed by atoms with van der Waals surface area (Å²) >= 11 is 0. The van der Waals surface area contributed by atoms with Crippen molar-refractivity contribution in [2.24, 2.45) is 13.0 Å². The van der Waals surface area contributed by atoms with Crippen LogP contribution in [0.2, 0.25) is 0 Å². The van der Waals surface area contributed by atoms with Crippen LogP contribution in [0.15, 0.2) is 47.4 Å². The van der Waals surface area contributed by atoms with Crippen LogP contribution in [0, 0.1) is 12.8 Å². The molecular formula is C23H27N3O2. The second-order valence-corrected chi connectivity index (χ2v) is 8.67. The van der Waals surface area contributed by atoms with Gasteiger partial charge >= 0.3 is 0 Å². The summed E-state index contributed by atoms with van der Waals surface area (Å²) in [5.41, 5.74) is 2.66. The van der Waals surface area contributed by atoms with E-state index < -0.39 is 0 Å². The third kappa shape index (κ3) is 2.64. The van der Waals surface area contributed by atoms with Gasteiger partial charge in [0.05, 0.1) is 6.04 Å². The fourth-order valence-corrected chi connectivity index (χ4v) is 5.68. The van der Waals surface area contributed by atoms with Gasteiger partial charge in [-0.15, -0.1) is 0 Å². The van der Waals surface area contributed by atoms with Crippen LogP contribution in [0.25, 0.3) is 0 Å². The first-order valence-corrected chi connectivity index (χ1v) is 10.3. The number of carbonyl (C=O) groups is 1. The number of aromatic nitrogens is 1. The second kappa shape index (κ2) is 6.59. The van der Waals surface area contributed by atoms with Crippen LogP contribution in [0.4, 0.5) is 0 Å². The van der Waals surface area contributed by atoms with Crippen LogP contribution >= 0.6 is 0 Å². The highest BCUT2D eigenvalue weighted by Gasteiger charge is 2.54. The van der Waals surface area contributed by atoms with Crippen molar-refractivity contribution in [3.05, 3.63) is 69.6 Å². The van der Waals surface area contributed by atoms with E-state index in [1.807, 2.05) is 4.90 Å². The van der Waals surface area contributed by atoms with Gasteiger partial charge in [0, 0.05) is 31.7 Å². The molecule has 5 heteroatoms. The quantitative estimate of drug-likeness (QED) is 0.807. The molecule has 2 bridgehead atoms. The molecule has 2 aromatic rings. The topological polar surface area (TPSA) is 45.6 Å². The molecule has 146 valence electrons. The molecule has 0 N–H and O–H groups in total. The number of rotatable bonds is 2. The van der Waals surface area contributed by atoms with Gasteiger partial charge in [0.1, 0.15) is 5.56 Å². The van der Waals surface area contributed by atoms with Crippen molar-refractivity contribution in [3.63, 3.8) is 0 Å². The monoisotopic (exact) mass is 377 g/mol. The summed E-state index contributed by atoms with van der Waals surface area (Å²) in [4.78, 5) is 30.7. The molecule has 0 aliphatic carbocycles. The second-order valence-electron chi connectivity index (χ2n) is 8.67. The zero-order chi connectivity index (χ0) is 19.4. The number of aryl methyl sites for hydroxylation is 2. The van der Waals surface area contributed by atoms with E-state index in [9.17, 15) is 9.59 Å². The number of likely N-dealkylation sites (tertiary alicyclic amines) is 1. The molecule has 4 fully saturated rings. The first-order valence-electron chi connectivity index (χ1n) is 10.3. The number of fused-ring (bicyclic) bond motifs is 2. The Morgan fingerprint density at radius 2 is 1.75 bits per heavy atom. The molecule has 5 nitrogen and oxygen atoms in total. The van der Waals surface area contributed by atoms with Crippen molar-refractivity contribution >= 4 is 5.91 Å². The molecule has 3 atom stereocenters. The van der Waals surface area contributed by atoms with Gasteiger partial charge in [0.15, 0.2) is 0 Å². The van der Waals surface area contributed by atoms with Crippen molar-refractivity contribution in [1.29, 1.82) is 0 Å². The van der Waals surface area contributed by atoms with Crippen LogP contribution in [-0.4, -0.2) is 52.0 Å². The lowest BCUT2D eigenvalue weighted by Crippen LogP contribution is -2.61. The maximum atomic E-state index is 13.5. The molecule has 0 radical (unpaired) electrons. The Morgan fingerprint density at radius 3 is 2.46 bits per heavy atom. The van der Waals surface area contributed by atoms with Gasteiger partial charge in [0.2, 0.25) is 0 Å². The fraction of sp³-hybridized carbons (Fsp3) is 0.478. The lowest BCUT2D eigenvalue weighted by molar-refractivity contribution is -0.00347. The summed E-state index contributed by atoms with van der Waals surface area (Å²) in [7, 11) is 1.70. The molecule has 5 heterocycles. The molecule has 28 heavy (non-hydrogen) atoms. The maximum absolute atomic E-state index is 13.5.